The van der Waals surface area contributed by atoms with Gasteiger partial charge in [0.15, 0.2) is 0 Å². The van der Waals surface area contributed by atoms with Crippen LogP contribution < -0.4 is 5.32 Å². The summed E-state index contributed by atoms with van der Waals surface area (Å²) in [5.74, 6) is -0.0329. The van der Waals surface area contributed by atoms with E-state index in [1.165, 1.54) is 12.1 Å². The van der Waals surface area contributed by atoms with Crippen LogP contribution in [0.3, 0.4) is 0 Å². The van der Waals surface area contributed by atoms with Gasteiger partial charge in [0.05, 0.1) is 12.3 Å². The Balaban J connectivity index is 1.54. The number of carbonyl (C=O) groups excluding carboxylic acids is 2. The molecule has 0 radical (unpaired) electrons. The van der Waals surface area contributed by atoms with Gasteiger partial charge in [-0.25, -0.2) is 4.39 Å². The molecule has 2 fully saturated rings. The van der Waals surface area contributed by atoms with Gasteiger partial charge >= 0.3 is 0 Å². The Kier molecular flexibility index (Phi) is 5.45. The van der Waals surface area contributed by atoms with Gasteiger partial charge in [0.2, 0.25) is 11.8 Å². The summed E-state index contributed by atoms with van der Waals surface area (Å²) in [6.45, 7) is 4.17. The monoisotopic (exact) mass is 333 g/mol. The zero-order valence-electron chi connectivity index (χ0n) is 13.8. The zero-order chi connectivity index (χ0) is 16.9. The van der Waals surface area contributed by atoms with E-state index in [2.05, 4.69) is 5.32 Å². The molecule has 24 heavy (non-hydrogen) atoms. The molecule has 5 nitrogen and oxygen atoms in total. The average molecular weight is 333 g/mol. The lowest BCUT2D eigenvalue weighted by molar-refractivity contribution is -0.135. The Morgan fingerprint density at radius 3 is 2.71 bits per heavy atom. The van der Waals surface area contributed by atoms with Crippen molar-refractivity contribution in [3.05, 3.63) is 35.6 Å². The summed E-state index contributed by atoms with van der Waals surface area (Å²) in [6.07, 6.45) is 1.90. The minimum atomic E-state index is -0.321. The summed E-state index contributed by atoms with van der Waals surface area (Å²) in [7, 11) is 0. The first-order valence-corrected chi connectivity index (χ1v) is 8.65. The molecule has 2 heterocycles. The Hall–Kier alpha value is -1.95. The van der Waals surface area contributed by atoms with Crippen LogP contribution in [0.2, 0.25) is 0 Å². The van der Waals surface area contributed by atoms with Crippen molar-refractivity contribution in [2.24, 2.45) is 5.92 Å². The van der Waals surface area contributed by atoms with E-state index in [0.29, 0.717) is 31.7 Å². The first-order chi connectivity index (χ1) is 11.6. The maximum atomic E-state index is 13.2. The standard InChI is InChI=1S/C18H24FN3O2/c19-16-4-1-3-14(11-16)12-17(23)21-7-2-8-22(10-9-21)18(24)15-5-6-20-13-15/h1,3-4,11,15,20H,2,5-10,12-13H2. The molecule has 1 aromatic rings. The van der Waals surface area contributed by atoms with Crippen LogP contribution in [-0.4, -0.2) is 60.9 Å². The topological polar surface area (TPSA) is 52.7 Å². The zero-order valence-corrected chi connectivity index (χ0v) is 13.8. The minimum absolute atomic E-state index is 0.00238. The average Bonchev–Trinajstić information content (AvgIpc) is 2.98. The van der Waals surface area contributed by atoms with Crippen LogP contribution in [0.15, 0.2) is 24.3 Å². The highest BCUT2D eigenvalue weighted by Crippen LogP contribution is 2.15. The summed E-state index contributed by atoms with van der Waals surface area (Å²) in [5.41, 5.74) is 0.689. The van der Waals surface area contributed by atoms with Crippen LogP contribution in [0, 0.1) is 11.7 Å². The fraction of sp³-hybridized carbons (Fsp3) is 0.556. The van der Waals surface area contributed by atoms with Crippen molar-refractivity contribution in [3.63, 3.8) is 0 Å². The van der Waals surface area contributed by atoms with Gasteiger partial charge in [-0.3, -0.25) is 9.59 Å². The van der Waals surface area contributed by atoms with Crippen molar-refractivity contribution in [2.75, 3.05) is 39.3 Å². The van der Waals surface area contributed by atoms with Crippen LogP contribution in [0.25, 0.3) is 0 Å². The molecule has 0 spiro atoms. The molecule has 1 aromatic carbocycles. The molecule has 130 valence electrons. The van der Waals surface area contributed by atoms with Gasteiger partial charge in [0, 0.05) is 32.7 Å². The van der Waals surface area contributed by atoms with Gasteiger partial charge in [-0.1, -0.05) is 12.1 Å². The predicted molar refractivity (Wildman–Crippen MR) is 88.9 cm³/mol. The normalized spacial score (nSPS) is 21.6. The summed E-state index contributed by atoms with van der Waals surface area (Å²) >= 11 is 0. The van der Waals surface area contributed by atoms with Gasteiger partial charge < -0.3 is 15.1 Å². The van der Waals surface area contributed by atoms with Gasteiger partial charge in [-0.15, -0.1) is 0 Å². The Morgan fingerprint density at radius 2 is 1.96 bits per heavy atom. The number of rotatable bonds is 3. The third kappa shape index (κ3) is 4.12. The van der Waals surface area contributed by atoms with Crippen molar-refractivity contribution >= 4 is 11.8 Å². The van der Waals surface area contributed by atoms with E-state index in [1.54, 1.807) is 17.0 Å². The lowest BCUT2D eigenvalue weighted by atomic mass is 10.1. The van der Waals surface area contributed by atoms with Crippen molar-refractivity contribution < 1.29 is 14.0 Å². The Labute approximate surface area is 141 Å². The maximum absolute atomic E-state index is 13.2. The second kappa shape index (κ2) is 7.75. The van der Waals surface area contributed by atoms with Crippen molar-refractivity contribution in [3.8, 4) is 0 Å². The van der Waals surface area contributed by atoms with Gasteiger partial charge in [0.25, 0.3) is 0 Å². The van der Waals surface area contributed by atoms with Crippen molar-refractivity contribution in [1.82, 2.24) is 15.1 Å². The van der Waals surface area contributed by atoms with Crippen LogP contribution in [0.5, 0.6) is 0 Å². The molecule has 0 aliphatic carbocycles. The number of amides is 2. The SMILES string of the molecule is O=C(Cc1cccc(F)c1)N1CCCN(C(=O)C2CCNC2)CC1. The number of hydrogen-bond acceptors (Lipinski definition) is 3. The number of halogens is 1. The molecule has 1 unspecified atom stereocenters. The molecule has 2 aliphatic rings. The lowest BCUT2D eigenvalue weighted by Gasteiger charge is -2.24. The molecular weight excluding hydrogens is 309 g/mol. The number of nitrogens with one attached hydrogen (secondary N) is 1. The summed E-state index contributed by atoms with van der Waals surface area (Å²) in [5, 5.41) is 3.22. The molecule has 0 saturated carbocycles. The number of carbonyl (C=O) groups is 2. The fourth-order valence-electron chi connectivity index (χ4n) is 3.44. The first kappa shape index (κ1) is 16.9. The van der Waals surface area contributed by atoms with E-state index >= 15 is 0 Å². The second-order valence-corrected chi connectivity index (χ2v) is 6.56. The molecule has 0 bridgehead atoms. The molecule has 2 amide bonds. The van der Waals surface area contributed by atoms with E-state index < -0.39 is 0 Å². The Bertz CT molecular complexity index is 602. The summed E-state index contributed by atoms with van der Waals surface area (Å²) in [4.78, 5) is 28.6. The van der Waals surface area contributed by atoms with E-state index in [1.807, 2.05) is 4.90 Å². The third-order valence-electron chi connectivity index (χ3n) is 4.81. The maximum Gasteiger partial charge on any atom is 0.227 e. The van der Waals surface area contributed by atoms with Gasteiger partial charge in [0.1, 0.15) is 5.82 Å². The molecule has 3 rings (SSSR count). The second-order valence-electron chi connectivity index (χ2n) is 6.56. The highest BCUT2D eigenvalue weighted by molar-refractivity contribution is 5.80. The van der Waals surface area contributed by atoms with Crippen molar-refractivity contribution in [2.45, 2.75) is 19.3 Å². The lowest BCUT2D eigenvalue weighted by Crippen LogP contribution is -2.40. The molecule has 1 N–H and O–H groups in total. The highest BCUT2D eigenvalue weighted by atomic mass is 19.1. The largest absolute Gasteiger partial charge is 0.341 e. The minimum Gasteiger partial charge on any atom is -0.341 e. The van der Waals surface area contributed by atoms with Crippen LogP contribution in [0.4, 0.5) is 4.39 Å². The van der Waals surface area contributed by atoms with Gasteiger partial charge in [-0.05, 0) is 37.1 Å². The molecular formula is C18H24FN3O2. The molecule has 1 atom stereocenters. The summed E-state index contributed by atoms with van der Waals surface area (Å²) < 4.78 is 13.2. The third-order valence-corrected chi connectivity index (χ3v) is 4.81. The van der Waals surface area contributed by atoms with E-state index in [9.17, 15) is 14.0 Å². The number of hydrogen-bond donors (Lipinski definition) is 1. The predicted octanol–water partition coefficient (Wildman–Crippen LogP) is 1.04. The van der Waals surface area contributed by atoms with Crippen molar-refractivity contribution in [1.29, 1.82) is 0 Å². The molecule has 2 aliphatic heterocycles. The van der Waals surface area contributed by atoms with Crippen LogP contribution >= 0.6 is 0 Å². The van der Waals surface area contributed by atoms with E-state index in [-0.39, 0.29) is 30.0 Å². The molecule has 0 aromatic heterocycles. The first-order valence-electron chi connectivity index (χ1n) is 8.65. The number of nitrogens with zero attached hydrogens (tertiary/aromatic N) is 2. The van der Waals surface area contributed by atoms with Crippen LogP contribution in [0.1, 0.15) is 18.4 Å². The summed E-state index contributed by atoms with van der Waals surface area (Å²) in [6, 6.07) is 6.16. The van der Waals surface area contributed by atoms with E-state index in [4.69, 9.17) is 0 Å². The fourth-order valence-corrected chi connectivity index (χ4v) is 3.44. The van der Waals surface area contributed by atoms with E-state index in [0.717, 1.165) is 25.9 Å². The van der Waals surface area contributed by atoms with Gasteiger partial charge in [-0.2, -0.15) is 0 Å². The van der Waals surface area contributed by atoms with Crippen LogP contribution in [-0.2, 0) is 16.0 Å². The molecule has 6 heteroatoms. The highest BCUT2D eigenvalue weighted by Gasteiger charge is 2.29. The molecule has 2 saturated heterocycles. The Morgan fingerprint density at radius 1 is 1.17 bits per heavy atom. The smallest absolute Gasteiger partial charge is 0.227 e. The quantitative estimate of drug-likeness (QED) is 0.899. The number of benzene rings is 1.